The Morgan fingerprint density at radius 3 is 2.94 bits per heavy atom. The first kappa shape index (κ1) is 13.4. The molecule has 1 fully saturated rings. The molecule has 2 atom stereocenters. The van der Waals surface area contributed by atoms with Crippen LogP contribution in [0.1, 0.15) is 44.3 Å². The van der Waals surface area contributed by atoms with Crippen LogP contribution in [0.5, 0.6) is 5.75 Å². The number of rotatable bonds is 5. The first-order chi connectivity index (χ1) is 8.81. The van der Waals surface area contributed by atoms with Crippen molar-refractivity contribution in [2.75, 3.05) is 13.2 Å². The fourth-order valence-corrected chi connectivity index (χ4v) is 2.23. The van der Waals surface area contributed by atoms with Crippen LogP contribution >= 0.6 is 0 Å². The number of aliphatic hydroxyl groups excluding tert-OH is 1. The van der Waals surface area contributed by atoms with Crippen molar-refractivity contribution in [3.8, 4) is 5.75 Å². The van der Waals surface area contributed by atoms with Crippen molar-refractivity contribution in [2.45, 2.75) is 44.8 Å². The van der Waals surface area contributed by atoms with E-state index in [1.54, 1.807) is 0 Å². The molecule has 0 radical (unpaired) electrons. The van der Waals surface area contributed by atoms with Crippen LogP contribution in [0.15, 0.2) is 24.3 Å². The van der Waals surface area contributed by atoms with Gasteiger partial charge in [0.25, 0.3) is 0 Å². The summed E-state index contributed by atoms with van der Waals surface area (Å²) in [7, 11) is 0. The second-order valence-corrected chi connectivity index (χ2v) is 4.76. The normalized spacial score (nSPS) is 21.6. The highest BCUT2D eigenvalue weighted by molar-refractivity contribution is 5.35. The maximum absolute atomic E-state index is 9.94. The monoisotopic (exact) mass is 250 g/mol. The molecule has 2 rings (SSSR count). The summed E-state index contributed by atoms with van der Waals surface area (Å²) in [5.41, 5.74) is 0.871. The fraction of sp³-hybridized carbons (Fsp3) is 0.600. The fourth-order valence-electron chi connectivity index (χ4n) is 2.23. The summed E-state index contributed by atoms with van der Waals surface area (Å²) in [5, 5.41) is 9.94. The van der Waals surface area contributed by atoms with Crippen LogP contribution in [0, 0.1) is 0 Å². The number of aliphatic hydroxyl groups is 1. The van der Waals surface area contributed by atoms with Gasteiger partial charge in [-0.3, -0.25) is 0 Å². The molecule has 1 aliphatic heterocycles. The van der Waals surface area contributed by atoms with Crippen molar-refractivity contribution in [3.05, 3.63) is 29.8 Å². The van der Waals surface area contributed by atoms with Crippen molar-refractivity contribution in [2.24, 2.45) is 0 Å². The second kappa shape index (κ2) is 6.76. The van der Waals surface area contributed by atoms with E-state index in [-0.39, 0.29) is 6.10 Å². The third-order valence-electron chi connectivity index (χ3n) is 3.36. The second-order valence-electron chi connectivity index (χ2n) is 4.76. The molecule has 18 heavy (non-hydrogen) atoms. The summed E-state index contributed by atoms with van der Waals surface area (Å²) < 4.78 is 11.5. The highest BCUT2D eigenvalue weighted by atomic mass is 16.5. The van der Waals surface area contributed by atoms with Crippen LogP contribution in [0.2, 0.25) is 0 Å². The van der Waals surface area contributed by atoms with E-state index in [1.165, 1.54) is 6.42 Å². The Labute approximate surface area is 109 Å². The lowest BCUT2D eigenvalue weighted by Crippen LogP contribution is -2.26. The topological polar surface area (TPSA) is 38.7 Å². The minimum Gasteiger partial charge on any atom is -0.490 e. The molecule has 1 N–H and O–H groups in total. The van der Waals surface area contributed by atoms with Gasteiger partial charge in [-0.15, -0.1) is 0 Å². The Bertz CT molecular complexity index is 359. The quantitative estimate of drug-likeness (QED) is 0.872. The average molecular weight is 250 g/mol. The van der Waals surface area contributed by atoms with Gasteiger partial charge in [-0.2, -0.15) is 0 Å². The maximum Gasteiger partial charge on any atom is 0.125 e. The molecule has 0 amide bonds. The summed E-state index contributed by atoms with van der Waals surface area (Å²) in [4.78, 5) is 0. The molecule has 0 spiro atoms. The minimum absolute atomic E-state index is 0.200. The molecule has 0 saturated carbocycles. The van der Waals surface area contributed by atoms with Crippen LogP contribution in [0.3, 0.4) is 0 Å². The Morgan fingerprint density at radius 2 is 2.22 bits per heavy atom. The first-order valence-corrected chi connectivity index (χ1v) is 6.82. The predicted octanol–water partition coefficient (Wildman–Crippen LogP) is 3.08. The van der Waals surface area contributed by atoms with E-state index in [0.29, 0.717) is 13.0 Å². The number of hydrogen-bond donors (Lipinski definition) is 1. The molecule has 1 saturated heterocycles. The number of ether oxygens (including phenoxy) is 2. The lowest BCUT2D eigenvalue weighted by Gasteiger charge is -2.23. The highest BCUT2D eigenvalue weighted by Gasteiger charge is 2.16. The summed E-state index contributed by atoms with van der Waals surface area (Å²) >= 11 is 0. The Morgan fingerprint density at radius 1 is 1.39 bits per heavy atom. The molecule has 3 heteroatoms. The van der Waals surface area contributed by atoms with Crippen LogP contribution in [0.4, 0.5) is 0 Å². The van der Waals surface area contributed by atoms with E-state index in [4.69, 9.17) is 9.47 Å². The summed E-state index contributed by atoms with van der Waals surface area (Å²) in [6.45, 7) is 3.38. The first-order valence-electron chi connectivity index (χ1n) is 6.82. The van der Waals surface area contributed by atoms with Crippen molar-refractivity contribution in [1.29, 1.82) is 0 Å². The van der Waals surface area contributed by atoms with E-state index >= 15 is 0 Å². The van der Waals surface area contributed by atoms with E-state index in [9.17, 15) is 5.11 Å². The van der Waals surface area contributed by atoms with Crippen molar-refractivity contribution < 1.29 is 14.6 Å². The Balaban J connectivity index is 1.95. The molecule has 1 unspecified atom stereocenters. The van der Waals surface area contributed by atoms with Gasteiger partial charge in [0.05, 0.1) is 12.2 Å². The summed E-state index contributed by atoms with van der Waals surface area (Å²) in [6.07, 6.45) is 3.88. The van der Waals surface area contributed by atoms with Crippen molar-refractivity contribution in [3.63, 3.8) is 0 Å². The molecule has 1 heterocycles. The SMILES string of the molecule is CC[C@H](O)c1ccccc1OCC1CCCCO1. The molecule has 1 aromatic carbocycles. The molecule has 0 bridgehead atoms. The van der Waals surface area contributed by atoms with Gasteiger partial charge >= 0.3 is 0 Å². The largest absolute Gasteiger partial charge is 0.490 e. The lowest BCUT2D eigenvalue weighted by molar-refractivity contribution is -0.0116. The number of para-hydroxylation sites is 1. The average Bonchev–Trinajstić information content (AvgIpc) is 2.45. The highest BCUT2D eigenvalue weighted by Crippen LogP contribution is 2.27. The van der Waals surface area contributed by atoms with Gasteiger partial charge in [-0.1, -0.05) is 25.1 Å². The summed E-state index contributed by atoms with van der Waals surface area (Å²) in [5.74, 6) is 0.779. The molecule has 3 nitrogen and oxygen atoms in total. The molecule has 0 aromatic heterocycles. The van der Waals surface area contributed by atoms with Gasteiger partial charge in [0.2, 0.25) is 0 Å². The van der Waals surface area contributed by atoms with Crippen LogP contribution in [-0.2, 0) is 4.74 Å². The van der Waals surface area contributed by atoms with Crippen LogP contribution < -0.4 is 4.74 Å². The molecule has 1 aliphatic rings. The molecule has 100 valence electrons. The van der Waals surface area contributed by atoms with Gasteiger partial charge in [0, 0.05) is 12.2 Å². The summed E-state index contributed by atoms with van der Waals surface area (Å²) in [6, 6.07) is 7.70. The smallest absolute Gasteiger partial charge is 0.125 e. The molecule has 1 aromatic rings. The van der Waals surface area contributed by atoms with E-state index in [0.717, 1.165) is 30.8 Å². The molecular formula is C15H22O3. The zero-order chi connectivity index (χ0) is 12.8. The Kier molecular flexibility index (Phi) is 5.02. The zero-order valence-electron chi connectivity index (χ0n) is 11.0. The molecule has 0 aliphatic carbocycles. The zero-order valence-corrected chi connectivity index (χ0v) is 11.0. The third-order valence-corrected chi connectivity index (χ3v) is 3.36. The van der Waals surface area contributed by atoms with Gasteiger partial charge in [0.15, 0.2) is 0 Å². The maximum atomic E-state index is 9.94. The molecular weight excluding hydrogens is 228 g/mol. The van der Waals surface area contributed by atoms with Crippen molar-refractivity contribution in [1.82, 2.24) is 0 Å². The van der Waals surface area contributed by atoms with Crippen LogP contribution in [-0.4, -0.2) is 24.4 Å². The van der Waals surface area contributed by atoms with Gasteiger partial charge < -0.3 is 14.6 Å². The third kappa shape index (κ3) is 3.47. The van der Waals surface area contributed by atoms with Crippen LogP contribution in [0.25, 0.3) is 0 Å². The lowest BCUT2D eigenvalue weighted by atomic mass is 10.1. The predicted molar refractivity (Wildman–Crippen MR) is 70.8 cm³/mol. The van der Waals surface area contributed by atoms with Gasteiger partial charge in [0.1, 0.15) is 12.4 Å². The Hall–Kier alpha value is -1.06. The van der Waals surface area contributed by atoms with Gasteiger partial charge in [-0.25, -0.2) is 0 Å². The van der Waals surface area contributed by atoms with Gasteiger partial charge in [-0.05, 0) is 31.7 Å². The van der Waals surface area contributed by atoms with E-state index in [2.05, 4.69) is 0 Å². The van der Waals surface area contributed by atoms with E-state index in [1.807, 2.05) is 31.2 Å². The number of hydrogen-bond acceptors (Lipinski definition) is 3. The standard InChI is InChI=1S/C15H22O3/c1-2-14(16)13-8-3-4-9-15(13)18-11-12-7-5-6-10-17-12/h3-4,8-9,12,14,16H,2,5-7,10-11H2,1H3/t12?,14-/m0/s1. The minimum atomic E-state index is -0.450. The van der Waals surface area contributed by atoms with E-state index < -0.39 is 6.10 Å². The van der Waals surface area contributed by atoms with Crippen molar-refractivity contribution >= 4 is 0 Å². The number of benzene rings is 1.